The van der Waals surface area contributed by atoms with Crippen molar-refractivity contribution in [2.45, 2.75) is 36.1 Å². The van der Waals surface area contributed by atoms with Crippen molar-refractivity contribution in [3.63, 3.8) is 0 Å². The van der Waals surface area contributed by atoms with Crippen LogP contribution in [0.3, 0.4) is 0 Å². The molecule has 1 rings (SSSR count). The Bertz CT molecular complexity index is 561. The molecular formula is C12H15F3O4S. The van der Waals surface area contributed by atoms with Crippen LogP contribution in [0.15, 0.2) is 29.2 Å². The molecule has 114 valence electrons. The fourth-order valence-corrected chi connectivity index (χ4v) is 2.39. The van der Waals surface area contributed by atoms with E-state index in [0.29, 0.717) is 0 Å². The lowest BCUT2D eigenvalue weighted by Gasteiger charge is -2.30. The molecule has 0 aliphatic heterocycles. The molecule has 20 heavy (non-hydrogen) atoms. The number of alkyl halides is 3. The molecule has 0 saturated carbocycles. The van der Waals surface area contributed by atoms with E-state index in [2.05, 4.69) is 0 Å². The molecule has 0 saturated heterocycles. The lowest BCUT2D eigenvalue weighted by Crippen LogP contribution is -2.37. The van der Waals surface area contributed by atoms with Crippen molar-refractivity contribution in [1.29, 1.82) is 0 Å². The number of rotatable bonds is 4. The Kier molecular flexibility index (Phi) is 4.52. The van der Waals surface area contributed by atoms with Gasteiger partial charge < -0.3 is 10.2 Å². The molecule has 0 aromatic heterocycles. The zero-order chi connectivity index (χ0) is 15.8. The summed E-state index contributed by atoms with van der Waals surface area (Å²) in [5, 5.41) is 19.5. The van der Waals surface area contributed by atoms with E-state index in [9.17, 15) is 31.8 Å². The van der Waals surface area contributed by atoms with Crippen LogP contribution < -0.4 is 0 Å². The average molecular weight is 312 g/mol. The normalized spacial score (nSPS) is 17.6. The molecule has 0 heterocycles. The molecule has 0 fully saturated rings. The fraction of sp³-hybridized carbons (Fsp3) is 0.500. The van der Waals surface area contributed by atoms with Gasteiger partial charge in [0.1, 0.15) is 11.7 Å². The summed E-state index contributed by atoms with van der Waals surface area (Å²) in [7, 11) is -3.43. The second-order valence-electron chi connectivity index (χ2n) is 4.89. The molecule has 0 unspecified atom stereocenters. The number of benzene rings is 1. The van der Waals surface area contributed by atoms with Gasteiger partial charge in [0.25, 0.3) is 0 Å². The Hall–Kier alpha value is -1.12. The van der Waals surface area contributed by atoms with Gasteiger partial charge in [-0.1, -0.05) is 12.1 Å². The second-order valence-corrected chi connectivity index (χ2v) is 6.91. The molecule has 1 aromatic rings. The topological polar surface area (TPSA) is 74.6 Å². The van der Waals surface area contributed by atoms with Gasteiger partial charge in [-0.25, -0.2) is 8.42 Å². The van der Waals surface area contributed by atoms with Gasteiger partial charge in [-0.2, -0.15) is 13.2 Å². The smallest absolute Gasteiger partial charge is 0.387 e. The third kappa shape index (κ3) is 4.46. The van der Waals surface area contributed by atoms with Gasteiger partial charge in [0.2, 0.25) is 0 Å². The summed E-state index contributed by atoms with van der Waals surface area (Å²) in [6.45, 7) is 0.871. The largest absolute Gasteiger partial charge is 0.391 e. The van der Waals surface area contributed by atoms with Gasteiger partial charge in [0.05, 0.1) is 11.3 Å². The summed E-state index contributed by atoms with van der Waals surface area (Å²) >= 11 is 0. The zero-order valence-corrected chi connectivity index (χ0v) is 11.7. The first kappa shape index (κ1) is 16.9. The van der Waals surface area contributed by atoms with Gasteiger partial charge in [-0.15, -0.1) is 0 Å². The maximum absolute atomic E-state index is 12.3. The Labute approximate surface area is 114 Å². The van der Waals surface area contributed by atoms with Crippen molar-refractivity contribution in [2.75, 3.05) is 6.26 Å². The summed E-state index contributed by atoms with van der Waals surface area (Å²) in [4.78, 5) is -0.0242. The molecule has 4 nitrogen and oxygen atoms in total. The number of aliphatic hydroxyl groups is 2. The summed E-state index contributed by atoms with van der Waals surface area (Å²) < 4.78 is 59.4. The molecule has 0 aliphatic carbocycles. The molecule has 8 heteroatoms. The van der Waals surface area contributed by atoms with Gasteiger partial charge in [-0.3, -0.25) is 0 Å². The van der Waals surface area contributed by atoms with Crippen LogP contribution >= 0.6 is 0 Å². The van der Waals surface area contributed by atoms with Crippen LogP contribution in [0.5, 0.6) is 0 Å². The Morgan fingerprint density at radius 3 is 2.00 bits per heavy atom. The Balaban J connectivity index is 3.01. The highest BCUT2D eigenvalue weighted by Gasteiger charge is 2.43. The Morgan fingerprint density at radius 2 is 1.65 bits per heavy atom. The van der Waals surface area contributed by atoms with E-state index in [-0.39, 0.29) is 10.5 Å². The number of sulfone groups is 1. The standard InChI is InChI=1S/C12H15F3O4S/c1-11(17,7-12(13,14)15)10(16)8-3-5-9(6-4-8)20(2,18)19/h3-6,10,16-17H,7H2,1-2H3/t10-,11-/m1/s1. The summed E-state index contributed by atoms with van der Waals surface area (Å²) in [6, 6.07) is 4.67. The van der Waals surface area contributed by atoms with Crippen molar-refractivity contribution in [3.8, 4) is 0 Å². The SMILES string of the molecule is C[C@@](O)(CC(F)(F)F)[C@H](O)c1ccc(S(C)(=O)=O)cc1. The monoisotopic (exact) mass is 312 g/mol. The van der Waals surface area contributed by atoms with Gasteiger partial charge in [0, 0.05) is 6.26 Å². The minimum absolute atomic E-state index is 0.00616. The molecule has 0 spiro atoms. The predicted octanol–water partition coefficient (Wildman–Crippen LogP) is 1.83. The van der Waals surface area contributed by atoms with Gasteiger partial charge >= 0.3 is 6.18 Å². The third-order valence-electron chi connectivity index (χ3n) is 2.77. The lowest BCUT2D eigenvalue weighted by molar-refractivity contribution is -0.194. The lowest BCUT2D eigenvalue weighted by atomic mass is 9.90. The van der Waals surface area contributed by atoms with E-state index in [4.69, 9.17) is 0 Å². The van der Waals surface area contributed by atoms with E-state index in [1.165, 1.54) is 12.1 Å². The van der Waals surface area contributed by atoms with E-state index in [0.717, 1.165) is 25.3 Å². The van der Waals surface area contributed by atoms with E-state index in [1.807, 2.05) is 0 Å². The molecule has 0 radical (unpaired) electrons. The van der Waals surface area contributed by atoms with Crippen molar-refractivity contribution in [3.05, 3.63) is 29.8 Å². The van der Waals surface area contributed by atoms with Crippen LogP contribution in [0.25, 0.3) is 0 Å². The number of aliphatic hydroxyl groups excluding tert-OH is 1. The highest BCUT2D eigenvalue weighted by molar-refractivity contribution is 7.90. The molecular weight excluding hydrogens is 297 g/mol. The molecule has 0 amide bonds. The van der Waals surface area contributed by atoms with Crippen molar-refractivity contribution in [2.24, 2.45) is 0 Å². The molecule has 0 bridgehead atoms. The van der Waals surface area contributed by atoms with Crippen LogP contribution in [-0.2, 0) is 9.84 Å². The van der Waals surface area contributed by atoms with E-state index < -0.39 is 34.1 Å². The maximum atomic E-state index is 12.3. The van der Waals surface area contributed by atoms with E-state index >= 15 is 0 Å². The third-order valence-corrected chi connectivity index (χ3v) is 3.90. The molecule has 0 aliphatic rings. The van der Waals surface area contributed by atoms with Gasteiger partial charge in [0.15, 0.2) is 9.84 Å². The highest BCUT2D eigenvalue weighted by atomic mass is 32.2. The average Bonchev–Trinajstić information content (AvgIpc) is 2.24. The van der Waals surface area contributed by atoms with Crippen LogP contribution in [0.2, 0.25) is 0 Å². The van der Waals surface area contributed by atoms with Crippen LogP contribution in [-0.4, -0.2) is 36.7 Å². The summed E-state index contributed by atoms with van der Waals surface area (Å²) in [5.41, 5.74) is -2.39. The minimum Gasteiger partial charge on any atom is -0.387 e. The first-order chi connectivity index (χ1) is 8.83. The quantitative estimate of drug-likeness (QED) is 0.889. The maximum Gasteiger partial charge on any atom is 0.391 e. The molecule has 1 aromatic carbocycles. The summed E-state index contributed by atoms with van der Waals surface area (Å²) in [6.07, 6.45) is -7.00. The summed E-state index contributed by atoms with van der Waals surface area (Å²) in [5.74, 6) is 0. The highest BCUT2D eigenvalue weighted by Crippen LogP contribution is 2.36. The van der Waals surface area contributed by atoms with E-state index in [1.54, 1.807) is 0 Å². The fourth-order valence-electron chi connectivity index (χ4n) is 1.76. The van der Waals surface area contributed by atoms with Gasteiger partial charge in [-0.05, 0) is 24.6 Å². The van der Waals surface area contributed by atoms with Crippen LogP contribution in [0, 0.1) is 0 Å². The Morgan fingerprint density at radius 1 is 1.20 bits per heavy atom. The molecule has 2 N–H and O–H groups in total. The first-order valence-corrected chi connectivity index (χ1v) is 7.49. The van der Waals surface area contributed by atoms with Crippen molar-refractivity contribution >= 4 is 9.84 Å². The number of halogens is 3. The van der Waals surface area contributed by atoms with Crippen LogP contribution in [0.4, 0.5) is 13.2 Å². The number of hydrogen-bond acceptors (Lipinski definition) is 4. The molecule has 2 atom stereocenters. The first-order valence-electron chi connectivity index (χ1n) is 5.60. The number of hydrogen-bond donors (Lipinski definition) is 2. The van der Waals surface area contributed by atoms with Crippen molar-refractivity contribution in [1.82, 2.24) is 0 Å². The van der Waals surface area contributed by atoms with Crippen LogP contribution in [0.1, 0.15) is 25.0 Å². The predicted molar refractivity (Wildman–Crippen MR) is 65.8 cm³/mol. The van der Waals surface area contributed by atoms with Crippen molar-refractivity contribution < 1.29 is 31.8 Å². The minimum atomic E-state index is -4.63. The zero-order valence-electron chi connectivity index (χ0n) is 10.8. The second kappa shape index (κ2) is 5.34.